The highest BCUT2D eigenvalue weighted by Crippen LogP contribution is 2.26. The zero-order chi connectivity index (χ0) is 15.6. The van der Waals surface area contributed by atoms with Crippen LogP contribution in [0.2, 0.25) is 4.34 Å². The van der Waals surface area contributed by atoms with Crippen molar-refractivity contribution in [1.29, 1.82) is 0 Å². The van der Waals surface area contributed by atoms with Crippen LogP contribution >= 0.6 is 22.9 Å². The van der Waals surface area contributed by atoms with Crippen molar-refractivity contribution in [3.63, 3.8) is 0 Å². The quantitative estimate of drug-likeness (QED) is 0.843. The maximum atomic E-state index is 13.5. The molecule has 114 valence electrons. The number of nitrogens with two attached hydrogens (primary N) is 1. The molecule has 2 rings (SSSR count). The smallest absolute Gasteiger partial charge is 0.243 e. The summed E-state index contributed by atoms with van der Waals surface area (Å²) in [5.41, 5.74) is 5.29. The van der Waals surface area contributed by atoms with Crippen molar-refractivity contribution in [2.75, 3.05) is 12.3 Å². The highest BCUT2D eigenvalue weighted by atomic mass is 35.5. The van der Waals surface area contributed by atoms with Crippen molar-refractivity contribution in [3.05, 3.63) is 45.4 Å². The minimum absolute atomic E-state index is 0.0814. The molecule has 2 aromatic rings. The van der Waals surface area contributed by atoms with Crippen LogP contribution in [0.5, 0.6) is 0 Å². The summed E-state index contributed by atoms with van der Waals surface area (Å²) in [5.74, 6) is -0.744. The molecule has 0 amide bonds. The second-order valence-corrected chi connectivity index (χ2v) is 8.06. The van der Waals surface area contributed by atoms with Crippen LogP contribution in [0.25, 0.3) is 0 Å². The van der Waals surface area contributed by atoms with E-state index in [1.807, 2.05) is 0 Å². The summed E-state index contributed by atoms with van der Waals surface area (Å²) in [6.45, 7) is 2.19. The Bertz CT molecular complexity index is 746. The monoisotopic (exact) mass is 348 g/mol. The number of hydrogen-bond donors (Lipinski definition) is 1. The fourth-order valence-corrected chi connectivity index (χ4v) is 4.42. The van der Waals surface area contributed by atoms with E-state index in [1.165, 1.54) is 27.8 Å². The van der Waals surface area contributed by atoms with Crippen LogP contribution in [0.1, 0.15) is 11.8 Å². The fourth-order valence-electron chi connectivity index (χ4n) is 1.79. The SMILES string of the molecule is CCN(Cc1ccc(Cl)s1)S(=O)(=O)c1ccc(N)c(F)c1. The Labute approximate surface area is 132 Å². The molecule has 0 atom stereocenters. The van der Waals surface area contributed by atoms with Gasteiger partial charge in [0.1, 0.15) is 5.82 Å². The average molecular weight is 349 g/mol. The number of anilines is 1. The Morgan fingerprint density at radius 1 is 1.33 bits per heavy atom. The molecule has 0 spiro atoms. The van der Waals surface area contributed by atoms with Gasteiger partial charge >= 0.3 is 0 Å². The van der Waals surface area contributed by atoms with Crippen LogP contribution < -0.4 is 5.73 Å². The molecule has 0 aliphatic carbocycles. The third-order valence-electron chi connectivity index (χ3n) is 2.92. The van der Waals surface area contributed by atoms with Crippen molar-refractivity contribution in [2.24, 2.45) is 0 Å². The van der Waals surface area contributed by atoms with Crippen LogP contribution in [0, 0.1) is 5.82 Å². The predicted molar refractivity (Wildman–Crippen MR) is 83.4 cm³/mol. The van der Waals surface area contributed by atoms with Crippen LogP contribution in [0.4, 0.5) is 10.1 Å². The van der Waals surface area contributed by atoms with E-state index in [0.717, 1.165) is 10.9 Å². The molecule has 21 heavy (non-hydrogen) atoms. The number of rotatable bonds is 5. The molecule has 0 unspecified atom stereocenters. The first kappa shape index (κ1) is 16.2. The summed E-state index contributed by atoms with van der Waals surface area (Å²) in [4.78, 5) is 0.708. The third-order valence-corrected chi connectivity index (χ3v) is 6.06. The predicted octanol–water partition coefficient (Wildman–Crippen LogP) is 3.33. The zero-order valence-corrected chi connectivity index (χ0v) is 13.6. The molecule has 8 heteroatoms. The average Bonchev–Trinajstić information content (AvgIpc) is 2.84. The van der Waals surface area contributed by atoms with E-state index in [2.05, 4.69) is 0 Å². The lowest BCUT2D eigenvalue weighted by atomic mass is 10.3. The second-order valence-electron chi connectivity index (χ2n) is 4.32. The van der Waals surface area contributed by atoms with Gasteiger partial charge in [0.2, 0.25) is 10.0 Å². The lowest BCUT2D eigenvalue weighted by Crippen LogP contribution is -2.30. The molecule has 0 saturated heterocycles. The molecule has 0 bridgehead atoms. The molecule has 0 aliphatic heterocycles. The van der Waals surface area contributed by atoms with Gasteiger partial charge in [-0.25, -0.2) is 12.8 Å². The number of hydrogen-bond acceptors (Lipinski definition) is 4. The lowest BCUT2D eigenvalue weighted by Gasteiger charge is -2.20. The summed E-state index contributed by atoms with van der Waals surface area (Å²) in [6, 6.07) is 6.98. The molecule has 2 N–H and O–H groups in total. The van der Waals surface area contributed by atoms with Crippen molar-refractivity contribution < 1.29 is 12.8 Å². The van der Waals surface area contributed by atoms with Crippen LogP contribution in [-0.4, -0.2) is 19.3 Å². The summed E-state index contributed by atoms with van der Waals surface area (Å²) < 4.78 is 40.4. The molecule has 0 aliphatic rings. The zero-order valence-electron chi connectivity index (χ0n) is 11.2. The maximum Gasteiger partial charge on any atom is 0.243 e. The van der Waals surface area contributed by atoms with Crippen molar-refractivity contribution in [1.82, 2.24) is 4.31 Å². The molecule has 0 radical (unpaired) electrons. The van der Waals surface area contributed by atoms with Gasteiger partial charge < -0.3 is 5.73 Å². The van der Waals surface area contributed by atoms with Crippen LogP contribution in [-0.2, 0) is 16.6 Å². The van der Waals surface area contributed by atoms with Gasteiger partial charge in [-0.1, -0.05) is 18.5 Å². The van der Waals surface area contributed by atoms with Gasteiger partial charge in [-0.2, -0.15) is 4.31 Å². The lowest BCUT2D eigenvalue weighted by molar-refractivity contribution is 0.426. The standard InChI is InChI=1S/C13H14ClFN2O2S2/c1-2-17(8-9-3-6-13(14)20-9)21(18,19)10-4-5-12(16)11(15)7-10/h3-7H,2,8,16H2,1H3. The van der Waals surface area contributed by atoms with E-state index in [0.29, 0.717) is 4.34 Å². The second kappa shape index (κ2) is 6.31. The normalized spacial score (nSPS) is 12.0. The first-order valence-corrected chi connectivity index (χ1v) is 8.77. The Balaban J connectivity index is 2.32. The Morgan fingerprint density at radius 3 is 2.57 bits per heavy atom. The first-order valence-electron chi connectivity index (χ1n) is 6.14. The minimum atomic E-state index is -3.78. The third kappa shape index (κ3) is 3.55. The fraction of sp³-hybridized carbons (Fsp3) is 0.231. The highest BCUT2D eigenvalue weighted by molar-refractivity contribution is 7.89. The van der Waals surface area contributed by atoms with Gasteiger partial charge in [-0.15, -0.1) is 11.3 Å². The van der Waals surface area contributed by atoms with Gasteiger partial charge in [0.25, 0.3) is 0 Å². The molecular weight excluding hydrogens is 335 g/mol. The van der Waals surface area contributed by atoms with E-state index in [-0.39, 0.29) is 23.7 Å². The van der Waals surface area contributed by atoms with E-state index in [4.69, 9.17) is 17.3 Å². The Morgan fingerprint density at radius 2 is 2.05 bits per heavy atom. The Hall–Kier alpha value is -1.15. The number of sulfonamides is 1. The number of halogens is 2. The van der Waals surface area contributed by atoms with Gasteiger partial charge in [0.15, 0.2) is 0 Å². The van der Waals surface area contributed by atoms with E-state index in [9.17, 15) is 12.8 Å². The van der Waals surface area contributed by atoms with Crippen molar-refractivity contribution in [2.45, 2.75) is 18.4 Å². The molecule has 1 aromatic heterocycles. The van der Waals surface area contributed by atoms with Gasteiger partial charge in [0.05, 0.1) is 14.9 Å². The van der Waals surface area contributed by atoms with Gasteiger partial charge in [-0.3, -0.25) is 0 Å². The number of nitrogens with zero attached hydrogens (tertiary/aromatic N) is 1. The Kier molecular flexibility index (Phi) is 4.88. The summed E-state index contributed by atoms with van der Waals surface area (Å²) in [7, 11) is -3.78. The van der Waals surface area contributed by atoms with E-state index in [1.54, 1.807) is 19.1 Å². The number of thiophene rings is 1. The summed E-state index contributed by atoms with van der Waals surface area (Å²) >= 11 is 7.16. The molecule has 1 aromatic carbocycles. The maximum absolute atomic E-state index is 13.5. The molecule has 0 saturated carbocycles. The number of nitrogen functional groups attached to an aromatic ring is 1. The minimum Gasteiger partial charge on any atom is -0.396 e. The largest absolute Gasteiger partial charge is 0.396 e. The summed E-state index contributed by atoms with van der Waals surface area (Å²) in [6.07, 6.45) is 0. The van der Waals surface area contributed by atoms with Crippen LogP contribution in [0.3, 0.4) is 0 Å². The topological polar surface area (TPSA) is 63.4 Å². The number of benzene rings is 1. The molecule has 1 heterocycles. The van der Waals surface area contributed by atoms with E-state index < -0.39 is 15.8 Å². The van der Waals surface area contributed by atoms with Crippen LogP contribution in [0.15, 0.2) is 35.2 Å². The van der Waals surface area contributed by atoms with Crippen molar-refractivity contribution >= 4 is 38.6 Å². The summed E-state index contributed by atoms with van der Waals surface area (Å²) in [5, 5.41) is 0. The molecule has 0 fully saturated rings. The highest BCUT2D eigenvalue weighted by Gasteiger charge is 2.24. The van der Waals surface area contributed by atoms with Gasteiger partial charge in [-0.05, 0) is 30.3 Å². The molecular formula is C13H14ClFN2O2S2. The van der Waals surface area contributed by atoms with E-state index >= 15 is 0 Å². The van der Waals surface area contributed by atoms with Gasteiger partial charge in [0, 0.05) is 18.0 Å². The molecule has 4 nitrogen and oxygen atoms in total. The first-order chi connectivity index (χ1) is 9.84. The van der Waals surface area contributed by atoms with Crippen molar-refractivity contribution in [3.8, 4) is 0 Å².